The fourth-order valence-corrected chi connectivity index (χ4v) is 2.45. The van der Waals surface area contributed by atoms with Gasteiger partial charge < -0.3 is 4.90 Å². The predicted molar refractivity (Wildman–Crippen MR) is 47.9 cm³/mol. The fourth-order valence-electron chi connectivity index (χ4n) is 1.07. The van der Waals surface area contributed by atoms with Crippen molar-refractivity contribution >= 4 is 23.4 Å². The van der Waals surface area contributed by atoms with Gasteiger partial charge in [0, 0.05) is 13.2 Å². The normalized spacial score (nSPS) is 25.9. The highest BCUT2D eigenvalue weighted by Crippen LogP contribution is 2.37. The average Bonchev–Trinajstić information content (AvgIpc) is 2.10. The van der Waals surface area contributed by atoms with Crippen LogP contribution in [0.4, 0.5) is 0 Å². The lowest BCUT2D eigenvalue weighted by atomic mass is 10.2. The van der Waals surface area contributed by atoms with Crippen molar-refractivity contribution in [3.8, 4) is 0 Å². The lowest BCUT2D eigenvalue weighted by Crippen LogP contribution is -2.24. The molecule has 0 aromatic carbocycles. The van der Waals surface area contributed by atoms with Crippen LogP contribution in [-0.4, -0.2) is 17.3 Å². The van der Waals surface area contributed by atoms with Crippen LogP contribution < -0.4 is 0 Å². The lowest BCUT2D eigenvalue weighted by molar-refractivity contribution is 0.361. The Balaban J connectivity index is 2.55. The first-order valence-corrected chi connectivity index (χ1v) is 4.63. The highest BCUT2D eigenvalue weighted by Gasteiger charge is 2.23. The molecule has 58 valence electrons. The molecule has 0 spiro atoms. The van der Waals surface area contributed by atoms with Crippen LogP contribution in [0.25, 0.3) is 0 Å². The number of hydrogen-bond acceptors (Lipinski definition) is 2. The van der Waals surface area contributed by atoms with Crippen LogP contribution in [0.5, 0.6) is 0 Å². The molecule has 0 aliphatic carbocycles. The fraction of sp³-hybridized carbons (Fsp3) is 0.714. The molecule has 1 unspecified atom stereocenters. The van der Waals surface area contributed by atoms with Gasteiger partial charge in [0.05, 0.1) is 9.74 Å². The van der Waals surface area contributed by atoms with Gasteiger partial charge in [-0.15, -0.1) is 0 Å². The SMILES string of the molecule is CC(C)C1SC(Cl)=CN1C. The van der Waals surface area contributed by atoms with Crippen molar-refractivity contribution in [2.75, 3.05) is 7.05 Å². The smallest absolute Gasteiger partial charge is 0.0914 e. The molecule has 10 heavy (non-hydrogen) atoms. The summed E-state index contributed by atoms with van der Waals surface area (Å²) in [6, 6.07) is 0. The van der Waals surface area contributed by atoms with E-state index < -0.39 is 0 Å². The number of rotatable bonds is 1. The largest absolute Gasteiger partial charge is 0.366 e. The second kappa shape index (κ2) is 3.05. The standard InChI is InChI=1S/C7H12ClNS/c1-5(2)7-9(3)4-6(8)10-7/h4-5,7H,1-3H3. The third-order valence-electron chi connectivity index (χ3n) is 1.51. The van der Waals surface area contributed by atoms with Crippen LogP contribution in [0.1, 0.15) is 13.8 Å². The summed E-state index contributed by atoms with van der Waals surface area (Å²) in [6.45, 7) is 4.41. The molecule has 1 nitrogen and oxygen atoms in total. The molecule has 1 aliphatic rings. The molecule has 1 heterocycles. The van der Waals surface area contributed by atoms with Gasteiger partial charge >= 0.3 is 0 Å². The Hall–Kier alpha value is 0.180. The summed E-state index contributed by atoms with van der Waals surface area (Å²) in [7, 11) is 2.06. The van der Waals surface area contributed by atoms with Crippen molar-refractivity contribution in [1.29, 1.82) is 0 Å². The Kier molecular flexibility index (Phi) is 2.53. The first-order valence-electron chi connectivity index (χ1n) is 3.37. The second-order valence-corrected chi connectivity index (χ2v) is 4.64. The van der Waals surface area contributed by atoms with Crippen LogP contribution in [0.3, 0.4) is 0 Å². The summed E-state index contributed by atoms with van der Waals surface area (Å²) in [6.07, 6.45) is 1.98. The van der Waals surface area contributed by atoms with Gasteiger partial charge in [0.2, 0.25) is 0 Å². The minimum absolute atomic E-state index is 0.535. The molecule has 3 heteroatoms. The third kappa shape index (κ3) is 1.61. The number of thioether (sulfide) groups is 1. The molecule has 1 rings (SSSR count). The van der Waals surface area contributed by atoms with Gasteiger partial charge in [-0.2, -0.15) is 0 Å². The molecule has 0 aromatic rings. The van der Waals surface area contributed by atoms with Gasteiger partial charge in [-0.1, -0.05) is 37.2 Å². The van der Waals surface area contributed by atoms with Gasteiger partial charge in [0.25, 0.3) is 0 Å². The third-order valence-corrected chi connectivity index (χ3v) is 3.32. The molecule has 0 saturated heterocycles. The molecule has 0 N–H and O–H groups in total. The number of halogens is 1. The van der Waals surface area contributed by atoms with Crippen LogP contribution in [0.2, 0.25) is 0 Å². The van der Waals surface area contributed by atoms with Gasteiger partial charge in [-0.25, -0.2) is 0 Å². The van der Waals surface area contributed by atoms with Crippen molar-refractivity contribution in [1.82, 2.24) is 4.90 Å². The lowest BCUT2D eigenvalue weighted by Gasteiger charge is -2.22. The molecule has 0 saturated carbocycles. The number of nitrogens with zero attached hydrogens (tertiary/aromatic N) is 1. The first kappa shape index (κ1) is 8.28. The summed E-state index contributed by atoms with van der Waals surface area (Å²) >= 11 is 7.56. The van der Waals surface area contributed by atoms with E-state index in [2.05, 4.69) is 25.8 Å². The van der Waals surface area contributed by atoms with E-state index in [1.165, 1.54) is 0 Å². The quantitative estimate of drug-likeness (QED) is 0.606. The highest BCUT2D eigenvalue weighted by atomic mass is 35.5. The van der Waals surface area contributed by atoms with Crippen molar-refractivity contribution < 1.29 is 0 Å². The van der Waals surface area contributed by atoms with Crippen molar-refractivity contribution in [2.45, 2.75) is 19.2 Å². The summed E-state index contributed by atoms with van der Waals surface area (Å²) in [4.78, 5) is 2.16. The minimum Gasteiger partial charge on any atom is -0.366 e. The Morgan fingerprint density at radius 3 is 2.50 bits per heavy atom. The molecule has 1 atom stereocenters. The highest BCUT2D eigenvalue weighted by molar-refractivity contribution is 8.05. The van der Waals surface area contributed by atoms with Gasteiger partial charge in [-0.05, 0) is 5.92 Å². The molecule has 0 aromatic heterocycles. The topological polar surface area (TPSA) is 3.24 Å². The van der Waals surface area contributed by atoms with Gasteiger partial charge in [-0.3, -0.25) is 0 Å². The molecule has 0 bridgehead atoms. The van der Waals surface area contributed by atoms with E-state index in [1.807, 2.05) is 6.20 Å². The zero-order valence-corrected chi connectivity index (χ0v) is 8.04. The van der Waals surface area contributed by atoms with Crippen molar-refractivity contribution in [3.05, 3.63) is 10.6 Å². The Morgan fingerprint density at radius 1 is 1.70 bits per heavy atom. The van der Waals surface area contributed by atoms with Crippen molar-refractivity contribution in [3.63, 3.8) is 0 Å². The number of hydrogen-bond donors (Lipinski definition) is 0. The molecule has 0 radical (unpaired) electrons. The Labute approximate surface area is 71.4 Å². The maximum atomic E-state index is 5.83. The van der Waals surface area contributed by atoms with E-state index in [-0.39, 0.29) is 0 Å². The zero-order valence-electron chi connectivity index (χ0n) is 6.47. The van der Waals surface area contributed by atoms with Crippen LogP contribution in [-0.2, 0) is 0 Å². The van der Waals surface area contributed by atoms with E-state index in [9.17, 15) is 0 Å². The van der Waals surface area contributed by atoms with Crippen molar-refractivity contribution in [2.24, 2.45) is 5.92 Å². The monoisotopic (exact) mass is 177 g/mol. The summed E-state index contributed by atoms with van der Waals surface area (Å²) in [5.41, 5.74) is 0. The van der Waals surface area contributed by atoms with E-state index in [0.29, 0.717) is 11.3 Å². The molecular weight excluding hydrogens is 166 g/mol. The molecule has 0 amide bonds. The van der Waals surface area contributed by atoms with E-state index >= 15 is 0 Å². The van der Waals surface area contributed by atoms with E-state index in [0.717, 1.165) is 4.36 Å². The Morgan fingerprint density at radius 2 is 2.30 bits per heavy atom. The zero-order chi connectivity index (χ0) is 7.72. The van der Waals surface area contributed by atoms with Crippen LogP contribution in [0, 0.1) is 5.92 Å². The summed E-state index contributed by atoms with van der Waals surface area (Å²) < 4.78 is 0.904. The van der Waals surface area contributed by atoms with Crippen LogP contribution >= 0.6 is 23.4 Å². The van der Waals surface area contributed by atoms with E-state index in [1.54, 1.807) is 11.8 Å². The average molecular weight is 178 g/mol. The minimum atomic E-state index is 0.535. The summed E-state index contributed by atoms with van der Waals surface area (Å²) in [5.74, 6) is 0.655. The van der Waals surface area contributed by atoms with Gasteiger partial charge in [0.1, 0.15) is 0 Å². The molecule has 0 fully saturated rings. The van der Waals surface area contributed by atoms with Crippen LogP contribution in [0.15, 0.2) is 10.6 Å². The Bertz CT molecular complexity index is 156. The predicted octanol–water partition coefficient (Wildman–Crippen LogP) is 2.68. The first-order chi connectivity index (χ1) is 4.61. The molecular formula is C7H12ClNS. The second-order valence-electron chi connectivity index (χ2n) is 2.85. The maximum absolute atomic E-state index is 5.83. The summed E-state index contributed by atoms with van der Waals surface area (Å²) in [5, 5.41) is 0.535. The molecule has 1 aliphatic heterocycles. The van der Waals surface area contributed by atoms with E-state index in [4.69, 9.17) is 11.6 Å². The van der Waals surface area contributed by atoms with Gasteiger partial charge in [0.15, 0.2) is 0 Å². The maximum Gasteiger partial charge on any atom is 0.0914 e.